The van der Waals surface area contributed by atoms with Crippen molar-refractivity contribution in [2.75, 3.05) is 28.3 Å². The van der Waals surface area contributed by atoms with Crippen LogP contribution in [0.4, 0.5) is 0 Å². The van der Waals surface area contributed by atoms with Crippen molar-refractivity contribution in [1.82, 2.24) is 4.90 Å². The Morgan fingerprint density at radius 1 is 0.824 bits per heavy atom. The van der Waals surface area contributed by atoms with Crippen molar-refractivity contribution in [2.24, 2.45) is 35.5 Å². The van der Waals surface area contributed by atoms with Crippen molar-refractivity contribution < 1.29 is 42.7 Å². The van der Waals surface area contributed by atoms with Gasteiger partial charge in [0.25, 0.3) is 0 Å². The molecule has 0 aromatic carbocycles. The SMILES string of the molecule is CC[C@H]1CCC[C@H](O[C@H]2CC[C@H](N(C)C)[C@@H](C)O2)[C@@H](C)C(=O)C2=C[C@@H]3[C@@H](C=C(C)[C@@H]4C[C@@H](O[C@@H]5O[C@@H](C)[C@H](OC)C[C@H]5OC)C[C@@H]34)[C@@H]2CC(=O)O1. The average molecular weight is 716 g/mol. The minimum Gasteiger partial charge on any atom is -0.462 e. The number of nitrogens with zero attached hydrogens (tertiary/aromatic N) is 1. The second-order valence-corrected chi connectivity index (χ2v) is 16.6. The Hall–Kier alpha value is -1.66. The van der Waals surface area contributed by atoms with Crippen LogP contribution in [0.3, 0.4) is 0 Å². The van der Waals surface area contributed by atoms with Crippen LogP contribution in [0.1, 0.15) is 98.8 Å². The molecule has 0 N–H and O–H groups in total. The number of fused-ring (bicyclic) bond motifs is 5. The van der Waals surface area contributed by atoms with Gasteiger partial charge >= 0.3 is 5.97 Å². The van der Waals surface area contributed by atoms with Crippen LogP contribution in [0.15, 0.2) is 23.3 Å². The van der Waals surface area contributed by atoms with Gasteiger partial charge in [0.05, 0.1) is 36.9 Å². The van der Waals surface area contributed by atoms with E-state index in [1.54, 1.807) is 14.2 Å². The van der Waals surface area contributed by atoms with E-state index in [1.807, 2.05) is 13.8 Å². The number of esters is 1. The summed E-state index contributed by atoms with van der Waals surface area (Å²) < 4.78 is 43.6. The predicted molar refractivity (Wildman–Crippen MR) is 193 cm³/mol. The first kappa shape index (κ1) is 39.0. The zero-order chi connectivity index (χ0) is 36.6. The number of carbonyl (C=O) groups excluding carboxylic acids is 2. The lowest BCUT2D eigenvalue weighted by atomic mass is 9.67. The fourth-order valence-electron chi connectivity index (χ4n) is 10.4. The molecule has 3 saturated heterocycles. The average Bonchev–Trinajstić information content (AvgIpc) is 3.68. The van der Waals surface area contributed by atoms with Crippen molar-refractivity contribution in [3.8, 4) is 0 Å². The van der Waals surface area contributed by atoms with E-state index in [2.05, 4.69) is 51.9 Å². The lowest BCUT2D eigenvalue weighted by Crippen LogP contribution is -2.49. The Kier molecular flexibility index (Phi) is 12.8. The quantitative estimate of drug-likeness (QED) is 0.212. The number of cyclic esters (lactones) is 1. The summed E-state index contributed by atoms with van der Waals surface area (Å²) in [4.78, 5) is 30.4. The van der Waals surface area contributed by atoms with Gasteiger partial charge < -0.3 is 38.1 Å². The molecule has 0 spiro atoms. The van der Waals surface area contributed by atoms with Crippen molar-refractivity contribution in [2.45, 2.75) is 160 Å². The molecule has 16 atom stereocenters. The molecular weight excluding hydrogens is 650 g/mol. The smallest absolute Gasteiger partial charge is 0.306 e. The maximum absolute atomic E-state index is 14.7. The van der Waals surface area contributed by atoms with Gasteiger partial charge in [-0.25, -0.2) is 0 Å². The van der Waals surface area contributed by atoms with Crippen molar-refractivity contribution in [3.05, 3.63) is 23.3 Å². The highest BCUT2D eigenvalue weighted by atomic mass is 16.7. The maximum atomic E-state index is 14.7. The number of Topliss-reactive ketones (excluding diaryl/α,β-unsaturated/α-hetero) is 1. The van der Waals surface area contributed by atoms with Gasteiger partial charge in [-0.15, -0.1) is 0 Å². The number of rotatable bonds is 8. The van der Waals surface area contributed by atoms with Gasteiger partial charge in [0.2, 0.25) is 0 Å². The summed E-state index contributed by atoms with van der Waals surface area (Å²) in [6, 6.07) is 0.344. The van der Waals surface area contributed by atoms with Gasteiger partial charge in [-0.3, -0.25) is 9.59 Å². The molecule has 0 aromatic rings. The monoisotopic (exact) mass is 715 g/mol. The lowest BCUT2D eigenvalue weighted by Gasteiger charge is -2.40. The molecule has 6 rings (SSSR count). The van der Waals surface area contributed by atoms with Gasteiger partial charge in [-0.2, -0.15) is 0 Å². The molecule has 51 heavy (non-hydrogen) atoms. The highest BCUT2D eigenvalue weighted by Gasteiger charge is 2.52. The van der Waals surface area contributed by atoms with Gasteiger partial charge in [0, 0.05) is 38.5 Å². The Morgan fingerprint density at radius 3 is 2.27 bits per heavy atom. The lowest BCUT2D eigenvalue weighted by molar-refractivity contribution is -0.281. The van der Waals surface area contributed by atoms with Gasteiger partial charge in [0.15, 0.2) is 18.4 Å². The predicted octanol–water partition coefficient (Wildman–Crippen LogP) is 6.25. The van der Waals surface area contributed by atoms with E-state index < -0.39 is 6.29 Å². The first-order valence-corrected chi connectivity index (χ1v) is 19.9. The Labute approximate surface area is 306 Å². The van der Waals surface area contributed by atoms with Gasteiger partial charge in [-0.05, 0) is 115 Å². The highest BCUT2D eigenvalue weighted by Crippen LogP contribution is 2.56. The third-order valence-corrected chi connectivity index (χ3v) is 13.4. The molecule has 10 heteroatoms. The fourth-order valence-corrected chi connectivity index (χ4v) is 10.4. The van der Waals surface area contributed by atoms with Crippen LogP contribution in [0.2, 0.25) is 0 Å². The molecule has 10 nitrogen and oxygen atoms in total. The summed E-state index contributed by atoms with van der Waals surface area (Å²) in [7, 11) is 7.60. The highest BCUT2D eigenvalue weighted by molar-refractivity contribution is 5.99. The van der Waals surface area contributed by atoms with Crippen LogP contribution in [0, 0.1) is 35.5 Å². The molecule has 6 aliphatic rings. The minimum atomic E-state index is -0.455. The number of ether oxygens (including phenoxy) is 7. The fraction of sp³-hybridized carbons (Fsp3) is 0.854. The minimum absolute atomic E-state index is 0.00807. The largest absolute Gasteiger partial charge is 0.462 e. The molecule has 3 heterocycles. The van der Waals surface area contributed by atoms with Crippen LogP contribution in [-0.2, 0) is 42.7 Å². The molecule has 0 radical (unpaired) electrons. The Morgan fingerprint density at radius 2 is 1.59 bits per heavy atom. The second-order valence-electron chi connectivity index (χ2n) is 16.6. The molecule has 3 aliphatic carbocycles. The van der Waals surface area contributed by atoms with E-state index in [4.69, 9.17) is 33.2 Å². The van der Waals surface area contributed by atoms with Gasteiger partial charge in [0.1, 0.15) is 12.2 Å². The first-order valence-electron chi connectivity index (χ1n) is 19.9. The number of hydrogen-bond donors (Lipinski definition) is 0. The summed E-state index contributed by atoms with van der Waals surface area (Å²) in [6.07, 6.45) is 10.7. The normalized spacial score (nSPS) is 45.1. The summed E-state index contributed by atoms with van der Waals surface area (Å²) in [6.45, 7) is 10.5. The van der Waals surface area contributed by atoms with Gasteiger partial charge in [-0.1, -0.05) is 31.6 Å². The zero-order valence-corrected chi connectivity index (χ0v) is 32.6. The maximum Gasteiger partial charge on any atom is 0.306 e. The summed E-state index contributed by atoms with van der Waals surface area (Å²) in [5.74, 6) is 0.203. The molecule has 0 aromatic heterocycles. The second kappa shape index (κ2) is 16.8. The van der Waals surface area contributed by atoms with Crippen LogP contribution in [0.25, 0.3) is 0 Å². The van der Waals surface area contributed by atoms with E-state index in [9.17, 15) is 9.59 Å². The Balaban J connectivity index is 1.22. The van der Waals surface area contributed by atoms with Crippen molar-refractivity contribution >= 4 is 11.8 Å². The third kappa shape index (κ3) is 8.37. The molecule has 3 aliphatic heterocycles. The topological polar surface area (TPSA) is 102 Å². The molecule has 1 saturated carbocycles. The van der Waals surface area contributed by atoms with Crippen LogP contribution >= 0.6 is 0 Å². The van der Waals surface area contributed by atoms with Crippen LogP contribution in [-0.4, -0.2) is 106 Å². The summed E-state index contributed by atoms with van der Waals surface area (Å²) in [5.41, 5.74) is 2.11. The molecule has 0 bridgehead atoms. The standard InChI is InChI=1S/C41H65NO9/c1-10-26-12-11-13-35(51-39-15-14-34(42(6)7)24(4)47-39)23(3)40(44)33-19-31-29(32(33)20-38(43)49-26)16-22(2)28-17-27(18-30(28)31)50-41-37(46-9)21-36(45-8)25(5)48-41/h16,19,23-32,34-37,39,41H,10-15,17-18,20-21H2,1-9H3/t23-,24-,25+,26+,27-,28+,29-,30-,31-,32+,34+,35+,36-,37-,39+,41+/m1/s1. The number of likely N-dealkylation sites (N-methyl/N-ethyl adjacent to an activating group) is 1. The molecule has 0 unspecified atom stereocenters. The molecular formula is C41H65NO9. The molecule has 288 valence electrons. The first-order chi connectivity index (χ1) is 24.4. The number of methoxy groups -OCH3 is 2. The Bertz CT molecular complexity index is 1280. The van der Waals surface area contributed by atoms with E-state index in [1.165, 1.54) is 5.57 Å². The van der Waals surface area contributed by atoms with E-state index >= 15 is 0 Å². The number of ketones is 1. The van der Waals surface area contributed by atoms with Crippen molar-refractivity contribution in [1.29, 1.82) is 0 Å². The van der Waals surface area contributed by atoms with E-state index in [0.717, 1.165) is 63.4 Å². The summed E-state index contributed by atoms with van der Waals surface area (Å²) >= 11 is 0. The number of hydrogen-bond acceptors (Lipinski definition) is 10. The number of allylic oxidation sites excluding steroid dienone is 4. The molecule has 0 amide bonds. The summed E-state index contributed by atoms with van der Waals surface area (Å²) in [5, 5.41) is 0. The van der Waals surface area contributed by atoms with Crippen LogP contribution in [0.5, 0.6) is 0 Å². The van der Waals surface area contributed by atoms with E-state index in [-0.39, 0.29) is 90.9 Å². The zero-order valence-electron chi connectivity index (χ0n) is 32.6. The van der Waals surface area contributed by atoms with E-state index in [0.29, 0.717) is 17.9 Å². The van der Waals surface area contributed by atoms with Crippen LogP contribution < -0.4 is 0 Å². The molecule has 4 fully saturated rings. The number of carbonyl (C=O) groups is 2. The third-order valence-electron chi connectivity index (χ3n) is 13.4. The van der Waals surface area contributed by atoms with Crippen molar-refractivity contribution in [3.63, 3.8) is 0 Å².